The van der Waals surface area contributed by atoms with Crippen LogP contribution in [0.1, 0.15) is 30.0 Å². The molecule has 3 rings (SSSR count). The maximum atomic E-state index is 13.9. The quantitative estimate of drug-likeness (QED) is 0.867. The molecule has 0 amide bonds. The lowest BCUT2D eigenvalue weighted by Gasteiger charge is -2.32. The van der Waals surface area contributed by atoms with E-state index in [0.717, 1.165) is 31.6 Å². The van der Waals surface area contributed by atoms with Crippen LogP contribution in [0.3, 0.4) is 0 Å². The zero-order valence-electron chi connectivity index (χ0n) is 11.7. The summed E-state index contributed by atoms with van der Waals surface area (Å²) < 4.78 is 13.9. The lowest BCUT2D eigenvalue weighted by atomic mass is 9.94. The van der Waals surface area contributed by atoms with Crippen LogP contribution in [0.2, 0.25) is 5.02 Å². The van der Waals surface area contributed by atoms with E-state index in [4.69, 9.17) is 11.6 Å². The lowest BCUT2D eigenvalue weighted by Crippen LogP contribution is -2.34. The highest BCUT2D eigenvalue weighted by Crippen LogP contribution is 2.28. The molecule has 0 aliphatic carbocycles. The number of nitrogens with zero attached hydrogens (tertiary/aromatic N) is 3. The number of hydrogen-bond acceptors (Lipinski definition) is 3. The van der Waals surface area contributed by atoms with Crippen molar-refractivity contribution in [2.75, 3.05) is 13.1 Å². The molecule has 0 N–H and O–H groups in total. The molecular formula is C16H17ClFN3. The van der Waals surface area contributed by atoms with Crippen molar-refractivity contribution >= 4 is 11.6 Å². The molecule has 5 heteroatoms. The maximum Gasteiger partial charge on any atom is 0.129 e. The Labute approximate surface area is 128 Å². The van der Waals surface area contributed by atoms with Crippen molar-refractivity contribution in [3.63, 3.8) is 0 Å². The van der Waals surface area contributed by atoms with E-state index >= 15 is 0 Å². The molecule has 110 valence electrons. The van der Waals surface area contributed by atoms with E-state index in [1.54, 1.807) is 24.7 Å². The molecule has 1 aromatic heterocycles. The van der Waals surface area contributed by atoms with Crippen LogP contribution in [-0.4, -0.2) is 28.0 Å². The first-order valence-corrected chi connectivity index (χ1v) is 7.53. The van der Waals surface area contributed by atoms with E-state index in [2.05, 4.69) is 14.9 Å². The van der Waals surface area contributed by atoms with Crippen molar-refractivity contribution in [2.45, 2.75) is 25.3 Å². The SMILES string of the molecule is Fc1cccc(Cl)c1CN1CCCC(c2ccncn2)C1. The Balaban J connectivity index is 1.72. The van der Waals surface area contributed by atoms with Gasteiger partial charge in [0.05, 0.1) is 0 Å². The van der Waals surface area contributed by atoms with Gasteiger partial charge in [-0.05, 0) is 37.6 Å². The van der Waals surface area contributed by atoms with Crippen molar-refractivity contribution in [1.29, 1.82) is 0 Å². The molecule has 1 aromatic carbocycles. The summed E-state index contributed by atoms with van der Waals surface area (Å²) in [6, 6.07) is 6.81. The van der Waals surface area contributed by atoms with Gasteiger partial charge in [-0.3, -0.25) is 4.90 Å². The Morgan fingerprint density at radius 3 is 3.00 bits per heavy atom. The molecule has 0 radical (unpaired) electrons. The highest BCUT2D eigenvalue weighted by molar-refractivity contribution is 6.31. The van der Waals surface area contributed by atoms with Gasteiger partial charge in [-0.1, -0.05) is 17.7 Å². The van der Waals surface area contributed by atoms with Crippen molar-refractivity contribution in [3.05, 3.63) is 58.9 Å². The van der Waals surface area contributed by atoms with E-state index in [0.29, 0.717) is 23.0 Å². The van der Waals surface area contributed by atoms with Gasteiger partial charge in [0.1, 0.15) is 12.1 Å². The zero-order valence-corrected chi connectivity index (χ0v) is 12.4. The number of likely N-dealkylation sites (tertiary alicyclic amines) is 1. The first-order valence-electron chi connectivity index (χ1n) is 7.15. The first kappa shape index (κ1) is 14.4. The van der Waals surface area contributed by atoms with Gasteiger partial charge in [0.2, 0.25) is 0 Å². The summed E-state index contributed by atoms with van der Waals surface area (Å²) in [4.78, 5) is 10.6. The minimum Gasteiger partial charge on any atom is -0.298 e. The van der Waals surface area contributed by atoms with Gasteiger partial charge in [-0.2, -0.15) is 0 Å². The predicted octanol–water partition coefficient (Wildman–Crippen LogP) is 3.65. The number of aromatic nitrogens is 2. The Morgan fingerprint density at radius 2 is 2.24 bits per heavy atom. The monoisotopic (exact) mass is 305 g/mol. The third kappa shape index (κ3) is 3.39. The summed E-state index contributed by atoms with van der Waals surface area (Å²) in [6.45, 7) is 2.39. The van der Waals surface area contributed by atoms with Crippen LogP contribution >= 0.6 is 11.6 Å². The Kier molecular flexibility index (Phi) is 4.46. The Morgan fingerprint density at radius 1 is 1.33 bits per heavy atom. The molecule has 1 aliphatic heterocycles. The second-order valence-corrected chi connectivity index (χ2v) is 5.82. The molecule has 1 aliphatic rings. The molecule has 21 heavy (non-hydrogen) atoms. The van der Waals surface area contributed by atoms with Crippen LogP contribution in [-0.2, 0) is 6.54 Å². The van der Waals surface area contributed by atoms with Crippen LogP contribution in [0.4, 0.5) is 4.39 Å². The summed E-state index contributed by atoms with van der Waals surface area (Å²) in [5, 5.41) is 0.499. The van der Waals surface area contributed by atoms with Crippen LogP contribution in [0.25, 0.3) is 0 Å². The molecule has 3 nitrogen and oxygen atoms in total. The first-order chi connectivity index (χ1) is 10.2. The summed E-state index contributed by atoms with van der Waals surface area (Å²) in [7, 11) is 0. The van der Waals surface area contributed by atoms with Crippen LogP contribution < -0.4 is 0 Å². The molecule has 2 aromatic rings. The third-order valence-electron chi connectivity index (χ3n) is 3.97. The molecule has 0 saturated carbocycles. The second-order valence-electron chi connectivity index (χ2n) is 5.41. The minimum atomic E-state index is -0.230. The molecule has 1 fully saturated rings. The number of hydrogen-bond donors (Lipinski definition) is 0. The average molecular weight is 306 g/mol. The van der Waals surface area contributed by atoms with Crippen LogP contribution in [0.15, 0.2) is 36.8 Å². The predicted molar refractivity (Wildman–Crippen MR) is 80.7 cm³/mol. The summed E-state index contributed by atoms with van der Waals surface area (Å²) in [6.07, 6.45) is 5.55. The smallest absolute Gasteiger partial charge is 0.129 e. The van der Waals surface area contributed by atoms with E-state index in [-0.39, 0.29) is 5.82 Å². The van der Waals surface area contributed by atoms with Crippen molar-refractivity contribution in [3.8, 4) is 0 Å². The molecule has 1 unspecified atom stereocenters. The summed E-state index contributed by atoms with van der Waals surface area (Å²) in [5.74, 6) is 0.152. The standard InChI is InChI=1S/C16H17ClFN3/c17-14-4-1-5-15(18)13(14)10-21-8-2-3-12(9-21)16-6-7-19-11-20-16/h1,4-7,11-12H,2-3,8-10H2. The van der Waals surface area contributed by atoms with Gasteiger partial charge in [-0.15, -0.1) is 0 Å². The van der Waals surface area contributed by atoms with Gasteiger partial charge < -0.3 is 0 Å². The topological polar surface area (TPSA) is 29.0 Å². The van der Waals surface area contributed by atoms with Crippen molar-refractivity contribution in [2.24, 2.45) is 0 Å². The minimum absolute atomic E-state index is 0.230. The normalized spacial score (nSPS) is 19.6. The highest BCUT2D eigenvalue weighted by Gasteiger charge is 2.23. The summed E-state index contributed by atoms with van der Waals surface area (Å²) in [5.41, 5.74) is 1.65. The average Bonchev–Trinajstić information content (AvgIpc) is 2.52. The number of piperidine rings is 1. The molecule has 1 atom stereocenters. The van der Waals surface area contributed by atoms with Crippen LogP contribution in [0.5, 0.6) is 0 Å². The third-order valence-corrected chi connectivity index (χ3v) is 4.33. The molecule has 2 heterocycles. The van der Waals surface area contributed by atoms with E-state index in [1.165, 1.54) is 6.07 Å². The van der Waals surface area contributed by atoms with Crippen LogP contribution in [0, 0.1) is 5.82 Å². The highest BCUT2D eigenvalue weighted by atomic mass is 35.5. The van der Waals surface area contributed by atoms with Crippen molar-refractivity contribution < 1.29 is 4.39 Å². The molecule has 1 saturated heterocycles. The van der Waals surface area contributed by atoms with E-state index < -0.39 is 0 Å². The Bertz CT molecular complexity index is 585. The fourth-order valence-electron chi connectivity index (χ4n) is 2.89. The van der Waals surface area contributed by atoms with Gasteiger partial charge in [0.25, 0.3) is 0 Å². The fourth-order valence-corrected chi connectivity index (χ4v) is 3.11. The summed E-state index contributed by atoms with van der Waals surface area (Å²) >= 11 is 6.11. The van der Waals surface area contributed by atoms with Crippen molar-refractivity contribution in [1.82, 2.24) is 14.9 Å². The van der Waals surface area contributed by atoms with Gasteiger partial charge in [0, 0.05) is 41.5 Å². The second kappa shape index (κ2) is 6.50. The molecular weight excluding hydrogens is 289 g/mol. The number of benzene rings is 1. The molecule has 0 spiro atoms. The largest absolute Gasteiger partial charge is 0.298 e. The zero-order chi connectivity index (χ0) is 14.7. The van der Waals surface area contributed by atoms with Gasteiger partial charge in [-0.25, -0.2) is 14.4 Å². The Hall–Kier alpha value is -1.52. The van der Waals surface area contributed by atoms with Gasteiger partial charge in [0.15, 0.2) is 0 Å². The fraction of sp³-hybridized carbons (Fsp3) is 0.375. The van der Waals surface area contributed by atoms with E-state index in [9.17, 15) is 4.39 Å². The van der Waals surface area contributed by atoms with Gasteiger partial charge >= 0.3 is 0 Å². The maximum absolute atomic E-state index is 13.9. The number of rotatable bonds is 3. The van der Waals surface area contributed by atoms with E-state index in [1.807, 2.05) is 6.07 Å². The number of halogens is 2. The molecule has 0 bridgehead atoms. The lowest BCUT2D eigenvalue weighted by molar-refractivity contribution is 0.196.